The van der Waals surface area contributed by atoms with Crippen molar-refractivity contribution < 1.29 is 17.9 Å². The summed E-state index contributed by atoms with van der Waals surface area (Å²) in [6, 6.07) is 1.76. The molecule has 25 heavy (non-hydrogen) atoms. The zero-order chi connectivity index (χ0) is 19.0. The van der Waals surface area contributed by atoms with Gasteiger partial charge in [-0.25, -0.2) is 5.10 Å². The van der Waals surface area contributed by atoms with Gasteiger partial charge in [-0.1, -0.05) is 23.4 Å². The van der Waals surface area contributed by atoms with Crippen LogP contribution >= 0.6 is 0 Å². The molecule has 1 heterocycles. The fourth-order valence-electron chi connectivity index (χ4n) is 1.82. The summed E-state index contributed by atoms with van der Waals surface area (Å²) < 4.78 is 45.0. The molecule has 0 atom stereocenters. The molecule has 1 rings (SSSR count). The normalized spacial score (nSPS) is 12.5. The number of nitriles is 1. The third-order valence-corrected chi connectivity index (χ3v) is 2.98. The fraction of sp³-hybridized carbons (Fsp3) is 0.353. The number of rotatable bonds is 7. The zero-order valence-corrected chi connectivity index (χ0v) is 14.2. The molecule has 1 N–H and O–H groups in total. The number of halogens is 3. The maximum absolute atomic E-state index is 13.2. The van der Waals surface area contributed by atoms with Crippen LogP contribution in [0.4, 0.5) is 13.2 Å². The van der Waals surface area contributed by atoms with Crippen LogP contribution in [0.25, 0.3) is 5.57 Å². The van der Waals surface area contributed by atoms with E-state index < -0.39 is 11.7 Å². The molecule has 5 nitrogen and oxygen atoms in total. The van der Waals surface area contributed by atoms with Gasteiger partial charge in [0.25, 0.3) is 0 Å². The number of hydrogen-bond acceptors (Lipinski definition) is 4. The van der Waals surface area contributed by atoms with Crippen LogP contribution in [0.2, 0.25) is 0 Å². The van der Waals surface area contributed by atoms with Crippen LogP contribution in [0, 0.1) is 11.3 Å². The molecular formula is C17H19F3N4O. The summed E-state index contributed by atoms with van der Waals surface area (Å²) in [6.07, 6.45) is -0.370. The summed E-state index contributed by atoms with van der Waals surface area (Å²) in [4.78, 5) is 0. The number of alkyl halides is 3. The minimum atomic E-state index is -4.61. The van der Waals surface area contributed by atoms with Crippen molar-refractivity contribution in [2.24, 2.45) is 0 Å². The lowest BCUT2D eigenvalue weighted by atomic mass is 10.1. The van der Waals surface area contributed by atoms with E-state index in [1.165, 1.54) is 6.92 Å². The first-order chi connectivity index (χ1) is 11.6. The SMILES string of the molecule is C=C(/C=C(\C=C(/C)OCCC=C(C)C)C(F)(F)F)c1nn[nH]c1C#N. The Balaban J connectivity index is 2.98. The molecule has 134 valence electrons. The molecule has 1 aromatic heterocycles. The van der Waals surface area contributed by atoms with Crippen molar-refractivity contribution in [3.05, 3.63) is 53.1 Å². The number of nitrogens with zero attached hydrogens (tertiary/aromatic N) is 3. The van der Waals surface area contributed by atoms with Crippen molar-refractivity contribution in [3.8, 4) is 6.07 Å². The zero-order valence-electron chi connectivity index (χ0n) is 14.2. The van der Waals surface area contributed by atoms with Gasteiger partial charge in [-0.15, -0.1) is 5.10 Å². The summed E-state index contributed by atoms with van der Waals surface area (Å²) in [5, 5.41) is 18.1. The van der Waals surface area contributed by atoms with Crippen molar-refractivity contribution >= 4 is 5.57 Å². The third-order valence-electron chi connectivity index (χ3n) is 2.98. The second kappa shape index (κ2) is 8.87. The van der Waals surface area contributed by atoms with Crippen LogP contribution in [-0.2, 0) is 4.74 Å². The highest BCUT2D eigenvalue weighted by Crippen LogP contribution is 2.30. The van der Waals surface area contributed by atoms with Gasteiger partial charge < -0.3 is 4.74 Å². The largest absolute Gasteiger partial charge is 0.498 e. The van der Waals surface area contributed by atoms with Gasteiger partial charge in [-0.3, -0.25) is 0 Å². The molecule has 0 aromatic carbocycles. The van der Waals surface area contributed by atoms with Crippen molar-refractivity contribution in [1.82, 2.24) is 15.4 Å². The van der Waals surface area contributed by atoms with Gasteiger partial charge >= 0.3 is 6.18 Å². The molecular weight excluding hydrogens is 333 g/mol. The average Bonchev–Trinajstić information content (AvgIpc) is 2.98. The number of aromatic amines is 1. The van der Waals surface area contributed by atoms with Gasteiger partial charge in [0.2, 0.25) is 0 Å². The van der Waals surface area contributed by atoms with Crippen LogP contribution in [0.1, 0.15) is 38.6 Å². The van der Waals surface area contributed by atoms with E-state index in [1.54, 1.807) is 6.07 Å². The molecule has 0 aliphatic carbocycles. The third kappa shape index (κ3) is 6.67. The number of allylic oxidation sites excluding steroid dienone is 6. The van der Waals surface area contributed by atoms with Crippen LogP contribution in [-0.4, -0.2) is 28.2 Å². The monoisotopic (exact) mass is 352 g/mol. The highest BCUT2D eigenvalue weighted by molar-refractivity contribution is 5.73. The first-order valence-electron chi connectivity index (χ1n) is 7.39. The minimum absolute atomic E-state index is 0.0280. The highest BCUT2D eigenvalue weighted by atomic mass is 19.4. The summed E-state index contributed by atoms with van der Waals surface area (Å²) in [5.74, 6) is 0.124. The number of H-pyrrole nitrogens is 1. The van der Waals surface area contributed by atoms with Crippen LogP contribution in [0.3, 0.4) is 0 Å². The van der Waals surface area contributed by atoms with Crippen molar-refractivity contribution in [3.63, 3.8) is 0 Å². The van der Waals surface area contributed by atoms with E-state index in [-0.39, 0.29) is 29.3 Å². The lowest BCUT2D eigenvalue weighted by molar-refractivity contribution is -0.0884. The molecule has 8 heteroatoms. The number of aromatic nitrogens is 3. The molecule has 0 saturated heterocycles. The van der Waals surface area contributed by atoms with Gasteiger partial charge in [0.15, 0.2) is 5.69 Å². The van der Waals surface area contributed by atoms with E-state index in [9.17, 15) is 13.2 Å². The number of hydrogen-bond donors (Lipinski definition) is 1. The number of ether oxygens (including phenoxy) is 1. The second-order valence-corrected chi connectivity index (χ2v) is 5.44. The van der Waals surface area contributed by atoms with Crippen molar-refractivity contribution in [2.75, 3.05) is 6.61 Å². The molecule has 0 aliphatic rings. The predicted molar refractivity (Wildman–Crippen MR) is 88.0 cm³/mol. The predicted octanol–water partition coefficient (Wildman–Crippen LogP) is 4.45. The van der Waals surface area contributed by atoms with E-state index >= 15 is 0 Å². The van der Waals surface area contributed by atoms with Crippen LogP contribution in [0.5, 0.6) is 0 Å². The second-order valence-electron chi connectivity index (χ2n) is 5.44. The molecule has 0 fully saturated rings. The Morgan fingerprint density at radius 2 is 2.00 bits per heavy atom. The Kier molecular flexibility index (Phi) is 7.18. The van der Waals surface area contributed by atoms with E-state index in [2.05, 4.69) is 22.0 Å². The van der Waals surface area contributed by atoms with E-state index in [0.717, 1.165) is 17.7 Å². The molecule has 0 bridgehead atoms. The molecule has 0 radical (unpaired) electrons. The van der Waals surface area contributed by atoms with Gasteiger partial charge in [0, 0.05) is 0 Å². The summed E-state index contributed by atoms with van der Waals surface area (Å²) in [7, 11) is 0. The maximum atomic E-state index is 13.2. The Labute approximate surface area is 144 Å². The standard InChI is InChI=1S/C17H19F3N4O/c1-11(2)6-5-7-25-13(4)9-14(17(18,19)20)8-12(3)16-15(10-21)22-24-23-16/h6,8-9H,3,5,7H2,1-2,4H3,(H,22,23,24)/b13-9+,14-8+. The van der Waals surface area contributed by atoms with E-state index in [1.807, 2.05) is 19.9 Å². The van der Waals surface area contributed by atoms with Crippen molar-refractivity contribution in [2.45, 2.75) is 33.4 Å². The Hall–Kier alpha value is -2.82. The smallest absolute Gasteiger partial charge is 0.416 e. The van der Waals surface area contributed by atoms with Crippen LogP contribution < -0.4 is 0 Å². The first-order valence-corrected chi connectivity index (χ1v) is 7.39. The first kappa shape index (κ1) is 20.2. The number of nitrogens with one attached hydrogen (secondary N) is 1. The Morgan fingerprint density at radius 1 is 1.32 bits per heavy atom. The maximum Gasteiger partial charge on any atom is 0.416 e. The van der Waals surface area contributed by atoms with Crippen molar-refractivity contribution in [1.29, 1.82) is 5.26 Å². The van der Waals surface area contributed by atoms with Gasteiger partial charge in [-0.05, 0) is 44.9 Å². The lowest BCUT2D eigenvalue weighted by Gasteiger charge is -2.11. The van der Waals surface area contributed by atoms with E-state index in [0.29, 0.717) is 6.42 Å². The quantitative estimate of drug-likeness (QED) is 0.340. The summed E-state index contributed by atoms with van der Waals surface area (Å²) in [6.45, 7) is 9.12. The molecule has 0 amide bonds. The summed E-state index contributed by atoms with van der Waals surface area (Å²) >= 11 is 0. The highest BCUT2D eigenvalue weighted by Gasteiger charge is 2.32. The lowest BCUT2D eigenvalue weighted by Crippen LogP contribution is -2.11. The molecule has 0 spiro atoms. The van der Waals surface area contributed by atoms with E-state index in [4.69, 9.17) is 10.00 Å². The molecule has 0 unspecified atom stereocenters. The Bertz CT molecular complexity index is 745. The van der Waals surface area contributed by atoms with Gasteiger partial charge in [-0.2, -0.15) is 18.4 Å². The minimum Gasteiger partial charge on any atom is -0.498 e. The molecule has 1 aromatic rings. The van der Waals surface area contributed by atoms with Gasteiger partial charge in [0.05, 0.1) is 17.9 Å². The molecule has 0 aliphatic heterocycles. The topological polar surface area (TPSA) is 74.6 Å². The molecule has 0 saturated carbocycles. The summed E-state index contributed by atoms with van der Waals surface area (Å²) in [5.41, 5.74) is -0.00475. The fourth-order valence-corrected chi connectivity index (χ4v) is 1.82. The Morgan fingerprint density at radius 3 is 2.56 bits per heavy atom. The average molecular weight is 352 g/mol. The van der Waals surface area contributed by atoms with Crippen LogP contribution in [0.15, 0.2) is 41.7 Å². The van der Waals surface area contributed by atoms with Gasteiger partial charge in [0.1, 0.15) is 11.8 Å².